The third-order valence-corrected chi connectivity index (χ3v) is 2.75. The Morgan fingerprint density at radius 2 is 2.15 bits per heavy atom. The van der Waals surface area contributed by atoms with E-state index in [9.17, 15) is 9.59 Å². The molecular weight excluding hydrogens is 258 g/mol. The van der Waals surface area contributed by atoms with E-state index >= 15 is 0 Å². The number of benzene rings is 1. The van der Waals surface area contributed by atoms with Crippen molar-refractivity contribution in [2.75, 3.05) is 6.54 Å². The van der Waals surface area contributed by atoms with Crippen LogP contribution in [0.25, 0.3) is 17.0 Å². The van der Waals surface area contributed by atoms with E-state index in [1.807, 2.05) is 24.3 Å². The van der Waals surface area contributed by atoms with Crippen LogP contribution in [0.15, 0.2) is 34.8 Å². The topological polar surface area (TPSA) is 79.5 Å². The van der Waals surface area contributed by atoms with E-state index < -0.39 is 5.97 Å². The van der Waals surface area contributed by atoms with Crippen molar-refractivity contribution < 1.29 is 19.1 Å². The van der Waals surface area contributed by atoms with Crippen LogP contribution in [0.3, 0.4) is 0 Å². The van der Waals surface area contributed by atoms with Gasteiger partial charge < -0.3 is 14.8 Å². The van der Waals surface area contributed by atoms with Crippen LogP contribution >= 0.6 is 0 Å². The molecule has 1 amide bonds. The molecule has 2 N–H and O–H groups in total. The van der Waals surface area contributed by atoms with Crippen molar-refractivity contribution in [3.8, 4) is 0 Å². The maximum atomic E-state index is 10.8. The zero-order valence-electron chi connectivity index (χ0n) is 11.1. The third kappa shape index (κ3) is 3.47. The molecule has 0 atom stereocenters. The molecule has 104 valence electrons. The predicted molar refractivity (Wildman–Crippen MR) is 75.5 cm³/mol. The van der Waals surface area contributed by atoms with Crippen molar-refractivity contribution in [2.45, 2.75) is 13.3 Å². The van der Waals surface area contributed by atoms with Gasteiger partial charge in [-0.05, 0) is 30.2 Å². The van der Waals surface area contributed by atoms with E-state index in [4.69, 9.17) is 9.52 Å². The van der Waals surface area contributed by atoms with Gasteiger partial charge in [-0.1, -0.05) is 18.2 Å². The van der Waals surface area contributed by atoms with Crippen LogP contribution < -0.4 is 5.32 Å². The molecule has 0 saturated heterocycles. The fraction of sp³-hybridized carbons (Fsp3) is 0.200. The maximum Gasteiger partial charge on any atom is 0.371 e. The molecule has 0 spiro atoms. The first-order valence-electron chi connectivity index (χ1n) is 6.24. The molecule has 20 heavy (non-hydrogen) atoms. The monoisotopic (exact) mass is 273 g/mol. The van der Waals surface area contributed by atoms with Crippen LogP contribution in [0.5, 0.6) is 0 Å². The number of nitrogens with one attached hydrogen (secondary N) is 1. The number of hydrogen-bond donors (Lipinski definition) is 2. The van der Waals surface area contributed by atoms with E-state index in [1.165, 1.54) is 13.0 Å². The summed E-state index contributed by atoms with van der Waals surface area (Å²) >= 11 is 0. The number of carboxylic acids is 1. The molecule has 0 aliphatic heterocycles. The molecule has 1 aromatic heterocycles. The fourth-order valence-corrected chi connectivity index (χ4v) is 1.82. The van der Waals surface area contributed by atoms with Crippen LogP contribution in [0.4, 0.5) is 0 Å². The molecule has 0 radical (unpaired) electrons. The number of carboxylic acid groups (broad SMARTS) is 1. The van der Waals surface area contributed by atoms with Crippen molar-refractivity contribution in [1.82, 2.24) is 5.32 Å². The SMILES string of the molecule is CC(=O)NCCC=Cc1ccc2oc(C(=O)O)cc2c1. The second kappa shape index (κ2) is 6.06. The Balaban J connectivity index is 2.05. The van der Waals surface area contributed by atoms with E-state index in [0.717, 1.165) is 17.4 Å². The lowest BCUT2D eigenvalue weighted by atomic mass is 10.1. The number of furan rings is 1. The first-order valence-corrected chi connectivity index (χ1v) is 6.24. The second-order valence-electron chi connectivity index (χ2n) is 4.39. The highest BCUT2D eigenvalue weighted by atomic mass is 16.4. The van der Waals surface area contributed by atoms with Crippen molar-refractivity contribution in [1.29, 1.82) is 0 Å². The summed E-state index contributed by atoms with van der Waals surface area (Å²) in [4.78, 5) is 21.5. The fourth-order valence-electron chi connectivity index (χ4n) is 1.82. The molecular formula is C15H15NO4. The van der Waals surface area contributed by atoms with Gasteiger partial charge in [-0.15, -0.1) is 0 Å². The lowest BCUT2D eigenvalue weighted by molar-refractivity contribution is -0.118. The summed E-state index contributed by atoms with van der Waals surface area (Å²) in [6.07, 6.45) is 4.62. The van der Waals surface area contributed by atoms with Gasteiger partial charge in [0.25, 0.3) is 0 Å². The van der Waals surface area contributed by atoms with Crippen molar-refractivity contribution in [2.24, 2.45) is 0 Å². The molecule has 0 aliphatic carbocycles. The minimum atomic E-state index is -1.08. The maximum absolute atomic E-state index is 10.8. The summed E-state index contributed by atoms with van der Waals surface area (Å²) in [7, 11) is 0. The molecule has 0 bridgehead atoms. The van der Waals surface area contributed by atoms with E-state index in [-0.39, 0.29) is 11.7 Å². The summed E-state index contributed by atoms with van der Waals surface area (Å²) in [5, 5.41) is 12.3. The molecule has 1 heterocycles. The minimum Gasteiger partial charge on any atom is -0.475 e. The number of fused-ring (bicyclic) bond motifs is 1. The Morgan fingerprint density at radius 3 is 2.85 bits per heavy atom. The van der Waals surface area contributed by atoms with E-state index in [2.05, 4.69) is 5.32 Å². The largest absolute Gasteiger partial charge is 0.475 e. The van der Waals surface area contributed by atoms with E-state index in [0.29, 0.717) is 12.1 Å². The molecule has 5 nitrogen and oxygen atoms in total. The summed E-state index contributed by atoms with van der Waals surface area (Å²) in [6, 6.07) is 6.97. The molecule has 2 rings (SSSR count). The van der Waals surface area contributed by atoms with Gasteiger partial charge in [0.15, 0.2) is 0 Å². The van der Waals surface area contributed by atoms with Crippen LogP contribution in [-0.4, -0.2) is 23.5 Å². The Kier molecular flexibility index (Phi) is 4.20. The van der Waals surface area contributed by atoms with Crippen LogP contribution in [0, 0.1) is 0 Å². The molecule has 2 aromatic rings. The average Bonchev–Trinajstić information content (AvgIpc) is 2.81. The Labute approximate surface area is 115 Å². The Bertz CT molecular complexity index is 670. The summed E-state index contributed by atoms with van der Waals surface area (Å²) < 4.78 is 5.18. The number of rotatable bonds is 5. The summed E-state index contributed by atoms with van der Waals surface area (Å²) in [5.41, 5.74) is 1.51. The lowest BCUT2D eigenvalue weighted by Gasteiger charge is -1.97. The molecule has 0 aliphatic rings. The zero-order chi connectivity index (χ0) is 14.5. The molecule has 1 aromatic carbocycles. The van der Waals surface area contributed by atoms with Gasteiger partial charge in [0.1, 0.15) is 5.58 Å². The van der Waals surface area contributed by atoms with Gasteiger partial charge in [0.05, 0.1) is 0 Å². The van der Waals surface area contributed by atoms with Crippen molar-refractivity contribution >= 4 is 28.9 Å². The number of carbonyl (C=O) groups excluding carboxylic acids is 1. The highest BCUT2D eigenvalue weighted by Crippen LogP contribution is 2.21. The zero-order valence-corrected chi connectivity index (χ0v) is 11.1. The van der Waals surface area contributed by atoms with Crippen LogP contribution in [-0.2, 0) is 4.79 Å². The van der Waals surface area contributed by atoms with Gasteiger partial charge in [-0.25, -0.2) is 4.79 Å². The van der Waals surface area contributed by atoms with Crippen molar-refractivity contribution in [3.05, 3.63) is 41.7 Å². The quantitative estimate of drug-likeness (QED) is 0.821. The minimum absolute atomic E-state index is 0.0422. The Morgan fingerprint density at radius 1 is 1.35 bits per heavy atom. The lowest BCUT2D eigenvalue weighted by Crippen LogP contribution is -2.20. The molecule has 5 heteroatoms. The standard InChI is InChI=1S/C15H15NO4/c1-10(17)16-7-3-2-4-11-5-6-13-12(8-11)9-14(20-13)15(18)19/h2,4-6,8-9H,3,7H2,1H3,(H,16,17)(H,18,19). The number of aromatic carboxylic acids is 1. The highest BCUT2D eigenvalue weighted by molar-refractivity contribution is 5.92. The summed E-state index contributed by atoms with van der Waals surface area (Å²) in [6.45, 7) is 2.08. The van der Waals surface area contributed by atoms with Gasteiger partial charge in [0.2, 0.25) is 11.7 Å². The van der Waals surface area contributed by atoms with Gasteiger partial charge >= 0.3 is 5.97 Å². The van der Waals surface area contributed by atoms with Crippen LogP contribution in [0.2, 0.25) is 0 Å². The first kappa shape index (κ1) is 13.9. The smallest absolute Gasteiger partial charge is 0.371 e. The number of amides is 1. The van der Waals surface area contributed by atoms with Crippen molar-refractivity contribution in [3.63, 3.8) is 0 Å². The second-order valence-corrected chi connectivity index (χ2v) is 4.39. The summed E-state index contributed by atoms with van der Waals surface area (Å²) in [5.74, 6) is -1.18. The average molecular weight is 273 g/mol. The van der Waals surface area contributed by atoms with Gasteiger partial charge in [0, 0.05) is 18.9 Å². The third-order valence-electron chi connectivity index (χ3n) is 2.75. The first-order chi connectivity index (χ1) is 9.56. The van der Waals surface area contributed by atoms with E-state index in [1.54, 1.807) is 6.07 Å². The predicted octanol–water partition coefficient (Wildman–Crippen LogP) is 2.67. The molecule has 0 saturated carbocycles. The molecule has 0 unspecified atom stereocenters. The van der Waals surface area contributed by atoms with Crippen LogP contribution in [0.1, 0.15) is 29.5 Å². The number of hydrogen-bond acceptors (Lipinski definition) is 3. The normalized spacial score (nSPS) is 11.1. The van der Waals surface area contributed by atoms with Gasteiger partial charge in [-0.2, -0.15) is 0 Å². The Hall–Kier alpha value is -2.56. The number of carbonyl (C=O) groups is 2. The van der Waals surface area contributed by atoms with Gasteiger partial charge in [-0.3, -0.25) is 4.79 Å². The molecule has 0 fully saturated rings. The highest BCUT2D eigenvalue weighted by Gasteiger charge is 2.09.